The Morgan fingerprint density at radius 1 is 1.39 bits per heavy atom. The number of carbonyl (C=O) groups is 2. The van der Waals surface area contributed by atoms with E-state index < -0.39 is 0 Å². The molecule has 1 N–H and O–H groups in total. The van der Waals surface area contributed by atoms with Crippen molar-refractivity contribution in [1.82, 2.24) is 4.98 Å². The molecule has 6 nitrogen and oxygen atoms in total. The number of ether oxygens (including phenoxy) is 1. The Bertz CT molecular complexity index is 762. The van der Waals surface area contributed by atoms with Gasteiger partial charge in [-0.2, -0.15) is 0 Å². The first-order valence-electron chi connectivity index (χ1n) is 6.98. The lowest BCUT2D eigenvalue weighted by atomic mass is 10.2. The molecule has 118 valence electrons. The van der Waals surface area contributed by atoms with Gasteiger partial charge in [0.05, 0.1) is 5.69 Å². The number of rotatable bonds is 3. The van der Waals surface area contributed by atoms with Crippen molar-refractivity contribution < 1.29 is 14.3 Å². The smallest absolute Gasteiger partial charge is 0.265 e. The first-order chi connectivity index (χ1) is 11.0. The Morgan fingerprint density at radius 3 is 2.96 bits per heavy atom. The van der Waals surface area contributed by atoms with Gasteiger partial charge < -0.3 is 10.1 Å². The molecule has 7 heteroatoms. The first kappa shape index (κ1) is 15.3. The predicted molar refractivity (Wildman–Crippen MR) is 86.9 cm³/mol. The van der Waals surface area contributed by atoms with Crippen LogP contribution < -0.4 is 15.0 Å². The largest absolute Gasteiger partial charge is 0.482 e. The third-order valence-corrected chi connectivity index (χ3v) is 3.58. The van der Waals surface area contributed by atoms with Crippen molar-refractivity contribution in [3.63, 3.8) is 0 Å². The van der Waals surface area contributed by atoms with Gasteiger partial charge in [0.2, 0.25) is 5.91 Å². The Labute approximate surface area is 138 Å². The summed E-state index contributed by atoms with van der Waals surface area (Å²) in [6, 6.07) is 8.50. The Hall–Kier alpha value is -2.60. The van der Waals surface area contributed by atoms with E-state index in [1.165, 1.54) is 4.90 Å². The maximum absolute atomic E-state index is 12.2. The van der Waals surface area contributed by atoms with Crippen molar-refractivity contribution in [2.45, 2.75) is 6.92 Å². The van der Waals surface area contributed by atoms with Gasteiger partial charge in [0, 0.05) is 11.2 Å². The molecule has 1 aliphatic rings. The number of fused-ring (bicyclic) bond motifs is 1. The molecule has 0 fully saturated rings. The number of halogens is 1. The van der Waals surface area contributed by atoms with E-state index in [0.29, 0.717) is 22.3 Å². The summed E-state index contributed by atoms with van der Waals surface area (Å²) in [5.74, 6) is 0.317. The number of aromatic nitrogens is 1. The number of nitrogens with one attached hydrogen (secondary N) is 1. The third kappa shape index (κ3) is 3.43. The molecule has 23 heavy (non-hydrogen) atoms. The molecule has 0 saturated heterocycles. The van der Waals surface area contributed by atoms with E-state index in [9.17, 15) is 9.59 Å². The van der Waals surface area contributed by atoms with E-state index in [0.717, 1.165) is 5.56 Å². The maximum Gasteiger partial charge on any atom is 0.265 e. The highest BCUT2D eigenvalue weighted by Crippen LogP contribution is 2.34. The summed E-state index contributed by atoms with van der Waals surface area (Å²) in [5.41, 5.74) is 1.48. The van der Waals surface area contributed by atoms with Crippen molar-refractivity contribution in [2.75, 3.05) is 23.4 Å². The normalized spacial score (nSPS) is 13.3. The van der Waals surface area contributed by atoms with Crippen molar-refractivity contribution >= 4 is 34.9 Å². The average Bonchev–Trinajstić information content (AvgIpc) is 2.52. The monoisotopic (exact) mass is 331 g/mol. The van der Waals surface area contributed by atoms with Gasteiger partial charge in [0.25, 0.3) is 5.91 Å². The molecular weight excluding hydrogens is 318 g/mol. The second-order valence-electron chi connectivity index (χ2n) is 5.15. The highest BCUT2D eigenvalue weighted by atomic mass is 35.5. The molecule has 1 aromatic heterocycles. The molecule has 2 heterocycles. The summed E-state index contributed by atoms with van der Waals surface area (Å²) >= 11 is 5.97. The quantitative estimate of drug-likeness (QED) is 0.937. The number of benzene rings is 1. The van der Waals surface area contributed by atoms with E-state index in [4.69, 9.17) is 16.3 Å². The molecule has 0 unspecified atom stereocenters. The molecule has 0 saturated carbocycles. The van der Waals surface area contributed by atoms with E-state index >= 15 is 0 Å². The van der Waals surface area contributed by atoms with Crippen molar-refractivity contribution in [3.8, 4) is 5.75 Å². The molecule has 0 radical (unpaired) electrons. The minimum atomic E-state index is -0.345. The van der Waals surface area contributed by atoms with Gasteiger partial charge >= 0.3 is 0 Å². The number of amides is 2. The zero-order valence-electron chi connectivity index (χ0n) is 12.4. The molecular formula is C16H14ClN3O3. The summed E-state index contributed by atoms with van der Waals surface area (Å²) in [6.07, 6.45) is 1.66. The first-order valence-corrected chi connectivity index (χ1v) is 7.36. The second-order valence-corrected chi connectivity index (χ2v) is 5.59. The van der Waals surface area contributed by atoms with Gasteiger partial charge in [0.15, 0.2) is 6.61 Å². The van der Waals surface area contributed by atoms with Crippen LogP contribution in [0.1, 0.15) is 5.56 Å². The maximum atomic E-state index is 12.2. The average molecular weight is 332 g/mol. The number of aryl methyl sites for hydroxylation is 1. The highest BCUT2D eigenvalue weighted by molar-refractivity contribution is 6.31. The van der Waals surface area contributed by atoms with Crippen molar-refractivity contribution in [3.05, 3.63) is 47.1 Å². The van der Waals surface area contributed by atoms with Crippen LogP contribution in [0.4, 0.5) is 11.5 Å². The van der Waals surface area contributed by atoms with Crippen LogP contribution in [0, 0.1) is 6.92 Å². The minimum absolute atomic E-state index is 0.106. The second kappa shape index (κ2) is 6.26. The van der Waals surface area contributed by atoms with Crippen LogP contribution in [-0.2, 0) is 9.59 Å². The zero-order chi connectivity index (χ0) is 16.4. The SMILES string of the molecule is Cc1ccc(NC(=O)CN2C(=O)COc3ccc(Cl)cc32)nc1. The number of carbonyl (C=O) groups excluding carboxylic acids is 2. The predicted octanol–water partition coefficient (Wildman–Crippen LogP) is 2.41. The number of hydrogen-bond donors (Lipinski definition) is 1. The molecule has 3 rings (SSSR count). The number of hydrogen-bond acceptors (Lipinski definition) is 4. The molecule has 2 amide bonds. The van der Waals surface area contributed by atoms with E-state index in [1.54, 1.807) is 30.5 Å². The molecule has 0 bridgehead atoms. The summed E-state index contributed by atoms with van der Waals surface area (Å²) in [6.45, 7) is 1.67. The number of nitrogens with zero attached hydrogens (tertiary/aromatic N) is 2. The Balaban J connectivity index is 1.76. The lowest BCUT2D eigenvalue weighted by Gasteiger charge is -2.28. The third-order valence-electron chi connectivity index (χ3n) is 3.34. The van der Waals surface area contributed by atoms with Gasteiger partial charge in [-0.1, -0.05) is 17.7 Å². The van der Waals surface area contributed by atoms with Crippen LogP contribution in [0.5, 0.6) is 5.75 Å². The van der Waals surface area contributed by atoms with Gasteiger partial charge in [-0.25, -0.2) is 4.98 Å². The lowest BCUT2D eigenvalue weighted by molar-refractivity contribution is -0.123. The Morgan fingerprint density at radius 2 is 2.22 bits per heavy atom. The zero-order valence-corrected chi connectivity index (χ0v) is 13.1. The highest BCUT2D eigenvalue weighted by Gasteiger charge is 2.27. The van der Waals surface area contributed by atoms with Gasteiger partial charge in [-0.15, -0.1) is 0 Å². The molecule has 0 spiro atoms. The lowest BCUT2D eigenvalue weighted by Crippen LogP contribution is -2.43. The van der Waals surface area contributed by atoms with E-state index in [-0.39, 0.29) is 25.0 Å². The summed E-state index contributed by atoms with van der Waals surface area (Å²) in [4.78, 5) is 29.7. The standard InChI is InChI=1S/C16H14ClN3O3/c1-10-2-5-14(18-7-10)19-15(21)8-20-12-6-11(17)3-4-13(12)23-9-16(20)22/h2-7H,8-9H2,1H3,(H,18,19,21). The van der Waals surface area contributed by atoms with Crippen LogP contribution in [0.2, 0.25) is 5.02 Å². The van der Waals surface area contributed by atoms with Gasteiger partial charge in [0.1, 0.15) is 18.1 Å². The molecule has 0 aliphatic carbocycles. The number of pyridine rings is 1. The Kier molecular flexibility index (Phi) is 4.16. The van der Waals surface area contributed by atoms with Crippen LogP contribution in [0.15, 0.2) is 36.5 Å². The number of anilines is 2. The van der Waals surface area contributed by atoms with Crippen LogP contribution in [-0.4, -0.2) is 29.9 Å². The summed E-state index contributed by atoms with van der Waals surface area (Å²) in [5, 5.41) is 3.13. The van der Waals surface area contributed by atoms with Crippen LogP contribution in [0.25, 0.3) is 0 Å². The summed E-state index contributed by atoms with van der Waals surface area (Å²) in [7, 11) is 0. The van der Waals surface area contributed by atoms with E-state index in [2.05, 4.69) is 10.3 Å². The van der Waals surface area contributed by atoms with Crippen molar-refractivity contribution in [2.24, 2.45) is 0 Å². The van der Waals surface area contributed by atoms with Crippen molar-refractivity contribution in [1.29, 1.82) is 0 Å². The molecule has 2 aromatic rings. The van der Waals surface area contributed by atoms with Crippen LogP contribution >= 0.6 is 11.6 Å². The molecule has 1 aliphatic heterocycles. The van der Waals surface area contributed by atoms with Gasteiger partial charge in [-0.05, 0) is 36.8 Å². The topological polar surface area (TPSA) is 71.5 Å². The fraction of sp³-hybridized carbons (Fsp3) is 0.188. The minimum Gasteiger partial charge on any atom is -0.482 e. The van der Waals surface area contributed by atoms with Crippen LogP contribution in [0.3, 0.4) is 0 Å². The molecule has 0 atom stereocenters. The molecule has 1 aromatic carbocycles. The van der Waals surface area contributed by atoms with Gasteiger partial charge in [-0.3, -0.25) is 14.5 Å². The fourth-order valence-corrected chi connectivity index (χ4v) is 2.38. The fourth-order valence-electron chi connectivity index (χ4n) is 2.22. The summed E-state index contributed by atoms with van der Waals surface area (Å²) < 4.78 is 5.34. The van der Waals surface area contributed by atoms with E-state index in [1.807, 2.05) is 13.0 Å².